The van der Waals surface area contributed by atoms with Crippen LogP contribution in [-0.4, -0.2) is 28.9 Å². The molecule has 0 bridgehead atoms. The van der Waals surface area contributed by atoms with E-state index in [1.165, 1.54) is 5.56 Å². The molecule has 18 heavy (non-hydrogen) atoms. The van der Waals surface area contributed by atoms with Gasteiger partial charge in [-0.05, 0) is 41.5 Å². The number of aliphatic imine (C=N–C) groups is 1. The molecule has 0 fully saturated rings. The third kappa shape index (κ3) is 3.86. The summed E-state index contributed by atoms with van der Waals surface area (Å²) in [5.41, 5.74) is 1.20. The van der Waals surface area contributed by atoms with Gasteiger partial charge in [0.1, 0.15) is 5.84 Å². The lowest BCUT2D eigenvalue weighted by Crippen LogP contribution is -2.43. The van der Waals surface area contributed by atoms with Gasteiger partial charge >= 0.3 is 0 Å². The molecule has 0 saturated carbocycles. The van der Waals surface area contributed by atoms with Crippen LogP contribution >= 0.6 is 0 Å². The molecule has 2 heteroatoms. The van der Waals surface area contributed by atoms with Crippen LogP contribution in [0.1, 0.15) is 47.1 Å². The molecule has 1 rings (SSSR count). The Labute approximate surface area is 112 Å². The third-order valence-corrected chi connectivity index (χ3v) is 2.77. The van der Waals surface area contributed by atoms with Crippen LogP contribution in [0.5, 0.6) is 0 Å². The molecule has 0 aliphatic carbocycles. The van der Waals surface area contributed by atoms with Crippen molar-refractivity contribution in [3.05, 3.63) is 35.9 Å². The highest BCUT2D eigenvalue weighted by Gasteiger charge is 2.19. The first kappa shape index (κ1) is 14.7. The number of hydrogen-bond donors (Lipinski definition) is 0. The van der Waals surface area contributed by atoms with Crippen LogP contribution in [0.25, 0.3) is 0 Å². The Morgan fingerprint density at radius 2 is 1.39 bits per heavy atom. The standard InChI is InChI=1S/C16H26N2/c1-12(2)17-16(15-10-8-7-9-11-15)18(13(3)4)14(5)6/h7-14H,1-6H3/b17-16+. The van der Waals surface area contributed by atoms with E-state index in [1.807, 2.05) is 6.07 Å². The summed E-state index contributed by atoms with van der Waals surface area (Å²) in [6, 6.07) is 11.7. The number of nitrogens with zero attached hydrogens (tertiary/aromatic N) is 2. The van der Waals surface area contributed by atoms with Crippen LogP contribution in [0.4, 0.5) is 0 Å². The van der Waals surface area contributed by atoms with Crippen molar-refractivity contribution in [3.63, 3.8) is 0 Å². The maximum Gasteiger partial charge on any atom is 0.131 e. The third-order valence-electron chi connectivity index (χ3n) is 2.77. The van der Waals surface area contributed by atoms with Crippen molar-refractivity contribution in [1.82, 2.24) is 4.90 Å². The zero-order valence-corrected chi connectivity index (χ0v) is 12.5. The van der Waals surface area contributed by atoms with Crippen molar-refractivity contribution in [2.75, 3.05) is 0 Å². The van der Waals surface area contributed by atoms with Gasteiger partial charge in [0, 0.05) is 23.7 Å². The van der Waals surface area contributed by atoms with Crippen molar-refractivity contribution in [2.45, 2.75) is 59.7 Å². The lowest BCUT2D eigenvalue weighted by atomic mass is 10.1. The van der Waals surface area contributed by atoms with Crippen LogP contribution in [0, 0.1) is 0 Å². The molecule has 0 aliphatic rings. The van der Waals surface area contributed by atoms with Gasteiger partial charge in [-0.25, -0.2) is 0 Å². The summed E-state index contributed by atoms with van der Waals surface area (Å²) in [7, 11) is 0. The largest absolute Gasteiger partial charge is 0.352 e. The van der Waals surface area contributed by atoms with E-state index in [1.54, 1.807) is 0 Å². The van der Waals surface area contributed by atoms with Crippen molar-refractivity contribution in [2.24, 2.45) is 4.99 Å². The Balaban J connectivity index is 3.21. The second kappa shape index (κ2) is 6.58. The minimum absolute atomic E-state index is 0.306. The topological polar surface area (TPSA) is 15.6 Å². The first-order valence-electron chi connectivity index (χ1n) is 6.85. The summed E-state index contributed by atoms with van der Waals surface area (Å²) in [6.07, 6.45) is 0. The number of rotatable bonds is 4. The minimum Gasteiger partial charge on any atom is -0.352 e. The summed E-state index contributed by atoms with van der Waals surface area (Å²) < 4.78 is 0. The van der Waals surface area contributed by atoms with Crippen LogP contribution in [-0.2, 0) is 0 Å². The Hall–Kier alpha value is -1.31. The minimum atomic E-state index is 0.306. The first-order chi connectivity index (χ1) is 8.43. The van der Waals surface area contributed by atoms with E-state index in [0.29, 0.717) is 18.1 Å². The van der Waals surface area contributed by atoms with E-state index in [9.17, 15) is 0 Å². The van der Waals surface area contributed by atoms with Gasteiger partial charge in [0.15, 0.2) is 0 Å². The second-order valence-corrected chi connectivity index (χ2v) is 5.51. The Kier molecular flexibility index (Phi) is 5.39. The average molecular weight is 246 g/mol. The molecule has 2 nitrogen and oxygen atoms in total. The molecule has 1 aromatic rings. The van der Waals surface area contributed by atoms with Crippen molar-refractivity contribution in [3.8, 4) is 0 Å². The van der Waals surface area contributed by atoms with Crippen molar-refractivity contribution >= 4 is 5.84 Å². The van der Waals surface area contributed by atoms with E-state index in [2.05, 4.69) is 70.7 Å². The molecule has 0 saturated heterocycles. The highest BCUT2D eigenvalue weighted by molar-refractivity contribution is 5.99. The van der Waals surface area contributed by atoms with Crippen molar-refractivity contribution in [1.29, 1.82) is 0 Å². The maximum atomic E-state index is 4.83. The van der Waals surface area contributed by atoms with Gasteiger partial charge in [0.05, 0.1) is 0 Å². The lowest BCUT2D eigenvalue weighted by molar-refractivity contribution is 0.291. The molecule has 0 radical (unpaired) electrons. The molecule has 1 aromatic carbocycles. The van der Waals surface area contributed by atoms with E-state index >= 15 is 0 Å². The van der Waals surface area contributed by atoms with Gasteiger partial charge in [0.25, 0.3) is 0 Å². The second-order valence-electron chi connectivity index (χ2n) is 5.51. The van der Waals surface area contributed by atoms with Gasteiger partial charge in [-0.15, -0.1) is 0 Å². The van der Waals surface area contributed by atoms with Gasteiger partial charge < -0.3 is 4.90 Å². The summed E-state index contributed by atoms with van der Waals surface area (Å²) in [5, 5.41) is 0. The van der Waals surface area contributed by atoms with E-state index < -0.39 is 0 Å². The number of hydrogen-bond acceptors (Lipinski definition) is 1. The SMILES string of the molecule is CC(C)/N=C(\c1ccccc1)N(C(C)C)C(C)C. The van der Waals surface area contributed by atoms with E-state index in [-0.39, 0.29) is 0 Å². The Bertz CT molecular complexity index is 369. The molecule has 100 valence electrons. The Morgan fingerprint density at radius 1 is 0.889 bits per heavy atom. The number of benzene rings is 1. The normalized spacial score (nSPS) is 12.6. The molecule has 0 N–H and O–H groups in total. The van der Waals surface area contributed by atoms with Crippen molar-refractivity contribution < 1.29 is 0 Å². The van der Waals surface area contributed by atoms with Crippen LogP contribution < -0.4 is 0 Å². The zero-order valence-electron chi connectivity index (χ0n) is 12.5. The molecule has 0 amide bonds. The van der Waals surface area contributed by atoms with Crippen LogP contribution in [0.2, 0.25) is 0 Å². The van der Waals surface area contributed by atoms with Crippen LogP contribution in [0.15, 0.2) is 35.3 Å². The highest BCUT2D eigenvalue weighted by atomic mass is 15.2. The summed E-state index contributed by atoms with van der Waals surface area (Å²) in [6.45, 7) is 13.1. The summed E-state index contributed by atoms with van der Waals surface area (Å²) >= 11 is 0. The maximum absolute atomic E-state index is 4.83. The molecule has 0 unspecified atom stereocenters. The smallest absolute Gasteiger partial charge is 0.131 e. The highest BCUT2D eigenvalue weighted by Crippen LogP contribution is 2.14. The molecular formula is C16H26N2. The van der Waals surface area contributed by atoms with Gasteiger partial charge in [-0.1, -0.05) is 30.3 Å². The fourth-order valence-corrected chi connectivity index (χ4v) is 2.21. The molecule has 0 spiro atoms. The zero-order chi connectivity index (χ0) is 13.7. The quantitative estimate of drug-likeness (QED) is 0.580. The molecular weight excluding hydrogens is 220 g/mol. The molecule has 0 aromatic heterocycles. The molecule has 0 heterocycles. The Morgan fingerprint density at radius 3 is 1.78 bits per heavy atom. The summed E-state index contributed by atoms with van der Waals surface area (Å²) in [5.74, 6) is 1.11. The molecule has 0 atom stereocenters. The number of amidine groups is 1. The van der Waals surface area contributed by atoms with Gasteiger partial charge in [0.2, 0.25) is 0 Å². The predicted molar refractivity (Wildman–Crippen MR) is 80.2 cm³/mol. The molecule has 0 aliphatic heterocycles. The van der Waals surface area contributed by atoms with E-state index in [0.717, 1.165) is 5.84 Å². The van der Waals surface area contributed by atoms with Gasteiger partial charge in [-0.3, -0.25) is 4.99 Å². The monoisotopic (exact) mass is 246 g/mol. The lowest BCUT2D eigenvalue weighted by Gasteiger charge is -2.34. The summed E-state index contributed by atoms with van der Waals surface area (Å²) in [4.78, 5) is 7.22. The van der Waals surface area contributed by atoms with Gasteiger partial charge in [-0.2, -0.15) is 0 Å². The van der Waals surface area contributed by atoms with Crippen LogP contribution in [0.3, 0.4) is 0 Å². The van der Waals surface area contributed by atoms with E-state index in [4.69, 9.17) is 4.99 Å². The predicted octanol–water partition coefficient (Wildman–Crippen LogP) is 3.96. The first-order valence-corrected chi connectivity index (χ1v) is 6.85. The average Bonchev–Trinajstić information content (AvgIpc) is 2.27. The fourth-order valence-electron chi connectivity index (χ4n) is 2.21. The fraction of sp³-hybridized carbons (Fsp3) is 0.562.